The second-order valence-corrected chi connectivity index (χ2v) is 7.60. The van der Waals surface area contributed by atoms with E-state index in [0.29, 0.717) is 23.4 Å². The number of halogens is 1. The van der Waals surface area contributed by atoms with E-state index in [1.54, 1.807) is 42.5 Å². The lowest BCUT2D eigenvalue weighted by atomic mass is 10.2. The van der Waals surface area contributed by atoms with Gasteiger partial charge in [0, 0.05) is 34.4 Å². The van der Waals surface area contributed by atoms with Gasteiger partial charge in [-0.3, -0.25) is 14.9 Å². The van der Waals surface area contributed by atoms with E-state index >= 15 is 0 Å². The minimum absolute atomic E-state index is 0.116. The number of nitrogens with one attached hydrogen (secondary N) is 3. The number of hydrogen-bond acceptors (Lipinski definition) is 4. The van der Waals surface area contributed by atoms with Crippen LogP contribution in [0.25, 0.3) is 0 Å². The molecule has 0 radical (unpaired) electrons. The summed E-state index contributed by atoms with van der Waals surface area (Å²) in [5.74, 6) is -0.415. The summed E-state index contributed by atoms with van der Waals surface area (Å²) in [6.45, 7) is 7.55. The van der Waals surface area contributed by atoms with Crippen molar-refractivity contribution < 1.29 is 9.59 Å². The molecule has 2 aromatic rings. The third-order valence-corrected chi connectivity index (χ3v) is 5.02. The van der Waals surface area contributed by atoms with Crippen molar-refractivity contribution in [2.75, 3.05) is 31.5 Å². The summed E-state index contributed by atoms with van der Waals surface area (Å²) in [5, 5.41) is 8.69. The van der Waals surface area contributed by atoms with Crippen molar-refractivity contribution in [3.8, 4) is 0 Å². The van der Waals surface area contributed by atoms with E-state index in [4.69, 9.17) is 12.2 Å². The Morgan fingerprint density at radius 2 is 1.69 bits per heavy atom. The van der Waals surface area contributed by atoms with Gasteiger partial charge in [0.25, 0.3) is 11.8 Å². The summed E-state index contributed by atoms with van der Waals surface area (Å²) < 4.78 is 0.815. The molecule has 0 spiro atoms. The number of anilines is 1. The maximum atomic E-state index is 12.2. The predicted octanol–water partition coefficient (Wildman–Crippen LogP) is 3.65. The lowest BCUT2D eigenvalue weighted by molar-refractivity contribution is 0.0947. The number of likely N-dealkylation sites (N-methyl/N-ethyl adjacent to an activating group) is 1. The van der Waals surface area contributed by atoms with Gasteiger partial charge in [0.2, 0.25) is 0 Å². The SMILES string of the molecule is CCN(CC)CCNC(=O)c1ccc(NC(=S)NC(=O)c2cccc(Br)c2)cc1. The first-order valence-electron chi connectivity index (χ1n) is 9.41. The molecular formula is C21H25BrN4O2S. The molecule has 2 amide bonds. The zero-order valence-electron chi connectivity index (χ0n) is 16.5. The number of benzene rings is 2. The summed E-state index contributed by atoms with van der Waals surface area (Å²) in [4.78, 5) is 26.7. The molecular weight excluding hydrogens is 452 g/mol. The second-order valence-electron chi connectivity index (χ2n) is 6.28. The summed E-state index contributed by atoms with van der Waals surface area (Å²) in [6, 6.07) is 14.0. The normalized spacial score (nSPS) is 10.5. The van der Waals surface area contributed by atoms with Crippen LogP contribution in [0.4, 0.5) is 5.69 Å². The van der Waals surface area contributed by atoms with Crippen molar-refractivity contribution in [1.82, 2.24) is 15.5 Å². The fraction of sp³-hybridized carbons (Fsp3) is 0.286. The Balaban J connectivity index is 1.84. The van der Waals surface area contributed by atoms with Gasteiger partial charge in [-0.2, -0.15) is 0 Å². The third-order valence-electron chi connectivity index (χ3n) is 4.33. The predicted molar refractivity (Wildman–Crippen MR) is 124 cm³/mol. The van der Waals surface area contributed by atoms with Gasteiger partial charge in [-0.1, -0.05) is 35.8 Å². The molecule has 0 aromatic heterocycles. The van der Waals surface area contributed by atoms with Crippen molar-refractivity contribution in [3.05, 3.63) is 64.1 Å². The van der Waals surface area contributed by atoms with Gasteiger partial charge in [0.05, 0.1) is 0 Å². The van der Waals surface area contributed by atoms with Crippen LogP contribution >= 0.6 is 28.1 Å². The number of hydrogen-bond donors (Lipinski definition) is 3. The van der Waals surface area contributed by atoms with E-state index in [-0.39, 0.29) is 16.9 Å². The Hall–Kier alpha value is -2.29. The van der Waals surface area contributed by atoms with E-state index in [0.717, 1.165) is 24.1 Å². The van der Waals surface area contributed by atoms with E-state index < -0.39 is 0 Å². The minimum Gasteiger partial charge on any atom is -0.351 e. The van der Waals surface area contributed by atoms with Crippen molar-refractivity contribution in [3.63, 3.8) is 0 Å². The molecule has 0 unspecified atom stereocenters. The first-order chi connectivity index (χ1) is 13.9. The molecule has 0 bridgehead atoms. The molecule has 0 aliphatic heterocycles. The molecule has 154 valence electrons. The fourth-order valence-corrected chi connectivity index (χ4v) is 3.25. The molecule has 0 heterocycles. The van der Waals surface area contributed by atoms with Gasteiger partial charge >= 0.3 is 0 Å². The van der Waals surface area contributed by atoms with E-state index in [9.17, 15) is 9.59 Å². The Morgan fingerprint density at radius 1 is 1.00 bits per heavy atom. The molecule has 0 saturated heterocycles. The van der Waals surface area contributed by atoms with Gasteiger partial charge in [0.1, 0.15) is 0 Å². The lowest BCUT2D eigenvalue weighted by Crippen LogP contribution is -2.35. The van der Waals surface area contributed by atoms with Gasteiger partial charge in [-0.25, -0.2) is 0 Å². The largest absolute Gasteiger partial charge is 0.351 e. The zero-order chi connectivity index (χ0) is 21.2. The van der Waals surface area contributed by atoms with Crippen LogP contribution in [0.3, 0.4) is 0 Å². The van der Waals surface area contributed by atoms with Crippen LogP contribution in [-0.4, -0.2) is 48.0 Å². The van der Waals surface area contributed by atoms with Crippen molar-refractivity contribution >= 4 is 50.8 Å². The molecule has 2 rings (SSSR count). The fourth-order valence-electron chi connectivity index (χ4n) is 2.64. The Labute approximate surface area is 185 Å². The van der Waals surface area contributed by atoms with Crippen LogP contribution in [0.15, 0.2) is 53.0 Å². The third kappa shape index (κ3) is 7.56. The number of carbonyl (C=O) groups is 2. The van der Waals surface area contributed by atoms with E-state index in [2.05, 4.69) is 50.6 Å². The second kappa shape index (κ2) is 11.6. The number of carbonyl (C=O) groups excluding carboxylic acids is 2. The van der Waals surface area contributed by atoms with Crippen LogP contribution in [0.1, 0.15) is 34.6 Å². The van der Waals surface area contributed by atoms with Gasteiger partial charge in [-0.15, -0.1) is 0 Å². The minimum atomic E-state index is -0.298. The highest BCUT2D eigenvalue weighted by atomic mass is 79.9. The molecule has 8 heteroatoms. The van der Waals surface area contributed by atoms with Gasteiger partial charge in [0.15, 0.2) is 5.11 Å². The smallest absolute Gasteiger partial charge is 0.257 e. The van der Waals surface area contributed by atoms with E-state index in [1.807, 2.05) is 6.07 Å². The van der Waals surface area contributed by atoms with E-state index in [1.165, 1.54) is 0 Å². The van der Waals surface area contributed by atoms with Crippen molar-refractivity contribution in [1.29, 1.82) is 0 Å². The standard InChI is InChI=1S/C21H25BrN4O2S/c1-3-26(4-2)13-12-23-19(27)15-8-10-18(11-9-15)24-21(29)25-20(28)16-6-5-7-17(22)14-16/h5-11,14H,3-4,12-13H2,1-2H3,(H,23,27)(H2,24,25,28,29). The highest BCUT2D eigenvalue weighted by molar-refractivity contribution is 9.10. The molecule has 0 saturated carbocycles. The molecule has 0 aliphatic rings. The molecule has 6 nitrogen and oxygen atoms in total. The maximum Gasteiger partial charge on any atom is 0.257 e. The number of nitrogens with zero attached hydrogens (tertiary/aromatic N) is 1. The molecule has 0 aliphatic carbocycles. The molecule has 0 fully saturated rings. The summed E-state index contributed by atoms with van der Waals surface area (Å²) >= 11 is 8.53. The van der Waals surface area contributed by atoms with Gasteiger partial charge < -0.3 is 15.5 Å². The Kier molecular flexibility index (Phi) is 9.24. The van der Waals surface area contributed by atoms with Crippen molar-refractivity contribution in [2.45, 2.75) is 13.8 Å². The lowest BCUT2D eigenvalue weighted by Gasteiger charge is -2.18. The van der Waals surface area contributed by atoms with Crippen LogP contribution in [0.2, 0.25) is 0 Å². The topological polar surface area (TPSA) is 73.5 Å². The van der Waals surface area contributed by atoms with Crippen LogP contribution < -0.4 is 16.0 Å². The average Bonchev–Trinajstić information content (AvgIpc) is 2.71. The van der Waals surface area contributed by atoms with Crippen LogP contribution in [0, 0.1) is 0 Å². The van der Waals surface area contributed by atoms with Gasteiger partial charge in [-0.05, 0) is 67.8 Å². The summed E-state index contributed by atoms with van der Waals surface area (Å²) in [7, 11) is 0. The quantitative estimate of drug-likeness (QED) is 0.507. The molecule has 2 aromatic carbocycles. The van der Waals surface area contributed by atoms with Crippen LogP contribution in [-0.2, 0) is 0 Å². The average molecular weight is 477 g/mol. The maximum absolute atomic E-state index is 12.2. The highest BCUT2D eigenvalue weighted by Gasteiger charge is 2.09. The number of thiocarbonyl (C=S) groups is 1. The molecule has 29 heavy (non-hydrogen) atoms. The number of amides is 2. The highest BCUT2D eigenvalue weighted by Crippen LogP contribution is 2.12. The Bertz CT molecular complexity index is 854. The zero-order valence-corrected chi connectivity index (χ0v) is 18.9. The van der Waals surface area contributed by atoms with Crippen molar-refractivity contribution in [2.24, 2.45) is 0 Å². The first-order valence-corrected chi connectivity index (χ1v) is 10.6. The number of rotatable bonds is 8. The molecule has 3 N–H and O–H groups in total. The summed E-state index contributed by atoms with van der Waals surface area (Å²) in [5.41, 5.74) is 1.75. The van der Waals surface area contributed by atoms with Crippen LogP contribution in [0.5, 0.6) is 0 Å². The summed E-state index contributed by atoms with van der Waals surface area (Å²) in [6.07, 6.45) is 0. The first kappa shape index (κ1) is 23.0. The Morgan fingerprint density at radius 3 is 2.31 bits per heavy atom. The molecule has 0 atom stereocenters. The monoisotopic (exact) mass is 476 g/mol.